The number of alkyl halides is 1. The summed E-state index contributed by atoms with van der Waals surface area (Å²) in [5.41, 5.74) is 0.925. The van der Waals surface area contributed by atoms with Gasteiger partial charge in [-0.25, -0.2) is 4.79 Å². The number of anilines is 1. The number of halogens is 1. The summed E-state index contributed by atoms with van der Waals surface area (Å²) < 4.78 is 4.61. The summed E-state index contributed by atoms with van der Waals surface area (Å²) in [6.07, 6.45) is -0.460. The second-order valence-corrected chi connectivity index (χ2v) is 2.49. The minimum Gasteiger partial charge on any atom is -0.438 e. The highest BCUT2D eigenvalue weighted by molar-refractivity contribution is 9.09. The molecule has 12 heavy (non-hydrogen) atoms. The third kappa shape index (κ3) is 2.92. The van der Waals surface area contributed by atoms with Crippen LogP contribution in [0.2, 0.25) is 0 Å². The summed E-state index contributed by atoms with van der Waals surface area (Å²) in [4.78, 5) is 10.8. The highest BCUT2D eigenvalue weighted by Gasteiger charge is 1.99. The molecule has 0 atom stereocenters. The highest BCUT2D eigenvalue weighted by atomic mass is 79.9. The Morgan fingerprint density at radius 1 is 1.42 bits per heavy atom. The summed E-state index contributed by atoms with van der Waals surface area (Å²) >= 11 is 2.98. The zero-order valence-electron chi connectivity index (χ0n) is 6.29. The van der Waals surface area contributed by atoms with Crippen LogP contribution in [0.25, 0.3) is 0 Å². The number of hydrogen-bond donors (Lipinski definition) is 1. The van der Waals surface area contributed by atoms with Crippen LogP contribution in [0.1, 0.15) is 0 Å². The molecule has 0 saturated carbocycles. The number of hydrogen-bond acceptors (Lipinski definition) is 2. The standard InChI is InChI=1S/C8H8BrNO2/c9-6-12-8(11)10-7-4-2-1-3-5-7/h1-5H,6H2,(H,10,11). The number of para-hydroxylation sites is 1. The van der Waals surface area contributed by atoms with E-state index in [9.17, 15) is 4.79 Å². The van der Waals surface area contributed by atoms with Gasteiger partial charge >= 0.3 is 6.09 Å². The van der Waals surface area contributed by atoms with Crippen LogP contribution in [-0.4, -0.2) is 11.6 Å². The second-order valence-electron chi connectivity index (χ2n) is 2.03. The van der Waals surface area contributed by atoms with Crippen molar-refractivity contribution in [2.24, 2.45) is 0 Å². The van der Waals surface area contributed by atoms with Crippen molar-refractivity contribution in [2.75, 3.05) is 10.8 Å². The summed E-state index contributed by atoms with van der Waals surface area (Å²) in [7, 11) is 0. The molecular formula is C8H8BrNO2. The first-order chi connectivity index (χ1) is 5.83. The van der Waals surface area contributed by atoms with Crippen LogP contribution in [0.4, 0.5) is 10.5 Å². The summed E-state index contributed by atoms with van der Waals surface area (Å²) in [6.45, 7) is 0. The molecule has 1 amide bonds. The predicted octanol–water partition coefficient (Wildman–Crippen LogP) is 2.59. The molecule has 1 aromatic carbocycles. The van der Waals surface area contributed by atoms with Crippen molar-refractivity contribution in [3.05, 3.63) is 30.3 Å². The van der Waals surface area contributed by atoms with Gasteiger partial charge in [0.15, 0.2) is 0 Å². The van der Waals surface area contributed by atoms with E-state index >= 15 is 0 Å². The monoisotopic (exact) mass is 229 g/mol. The number of ether oxygens (including phenoxy) is 1. The molecule has 0 fully saturated rings. The van der Waals surface area contributed by atoms with E-state index < -0.39 is 6.09 Å². The van der Waals surface area contributed by atoms with E-state index in [-0.39, 0.29) is 5.52 Å². The van der Waals surface area contributed by atoms with Gasteiger partial charge in [-0.3, -0.25) is 5.32 Å². The first kappa shape index (κ1) is 9.06. The summed E-state index contributed by atoms with van der Waals surface area (Å²) in [6, 6.07) is 9.12. The molecule has 0 unspecified atom stereocenters. The Balaban J connectivity index is 2.47. The van der Waals surface area contributed by atoms with E-state index in [1.54, 1.807) is 12.1 Å². The molecule has 0 heterocycles. The number of benzene rings is 1. The van der Waals surface area contributed by atoms with Gasteiger partial charge in [-0.15, -0.1) is 0 Å². The molecule has 1 aromatic rings. The zero-order valence-corrected chi connectivity index (χ0v) is 7.87. The van der Waals surface area contributed by atoms with Gasteiger partial charge < -0.3 is 4.74 Å². The first-order valence-electron chi connectivity index (χ1n) is 3.37. The van der Waals surface area contributed by atoms with E-state index in [1.807, 2.05) is 18.2 Å². The molecule has 0 radical (unpaired) electrons. The van der Waals surface area contributed by atoms with E-state index in [4.69, 9.17) is 0 Å². The van der Waals surface area contributed by atoms with E-state index in [2.05, 4.69) is 26.0 Å². The third-order valence-electron chi connectivity index (χ3n) is 1.21. The smallest absolute Gasteiger partial charge is 0.412 e. The van der Waals surface area contributed by atoms with Gasteiger partial charge in [0.2, 0.25) is 0 Å². The molecule has 0 spiro atoms. The number of amides is 1. The molecular weight excluding hydrogens is 222 g/mol. The number of carbonyl (C=O) groups excluding carboxylic acids is 1. The van der Waals surface area contributed by atoms with Crippen LogP contribution in [0.5, 0.6) is 0 Å². The van der Waals surface area contributed by atoms with Crippen LogP contribution in [0.15, 0.2) is 30.3 Å². The lowest BCUT2D eigenvalue weighted by atomic mass is 10.3. The van der Waals surface area contributed by atoms with Crippen molar-refractivity contribution < 1.29 is 9.53 Å². The van der Waals surface area contributed by atoms with Gasteiger partial charge in [0.05, 0.1) is 0 Å². The van der Waals surface area contributed by atoms with Crippen molar-refractivity contribution in [2.45, 2.75) is 0 Å². The van der Waals surface area contributed by atoms with Crippen molar-refractivity contribution in [3.8, 4) is 0 Å². The number of rotatable bonds is 2. The molecule has 0 bridgehead atoms. The maximum atomic E-state index is 10.8. The lowest BCUT2D eigenvalue weighted by Gasteiger charge is -2.02. The molecule has 0 aliphatic carbocycles. The Morgan fingerprint density at radius 2 is 2.08 bits per heavy atom. The molecule has 3 nitrogen and oxygen atoms in total. The maximum absolute atomic E-state index is 10.8. The van der Waals surface area contributed by atoms with Crippen molar-refractivity contribution in [1.82, 2.24) is 0 Å². The Bertz CT molecular complexity index is 250. The van der Waals surface area contributed by atoms with E-state index in [1.165, 1.54) is 0 Å². The number of carbonyl (C=O) groups is 1. The fourth-order valence-electron chi connectivity index (χ4n) is 0.725. The van der Waals surface area contributed by atoms with E-state index in [0.717, 1.165) is 5.69 Å². The quantitative estimate of drug-likeness (QED) is 0.793. The van der Waals surface area contributed by atoms with Gasteiger partial charge in [-0.05, 0) is 28.1 Å². The summed E-state index contributed by atoms with van der Waals surface area (Å²) in [5.74, 6) is 0. The van der Waals surface area contributed by atoms with Crippen molar-refractivity contribution in [1.29, 1.82) is 0 Å². The van der Waals surface area contributed by atoms with E-state index in [0.29, 0.717) is 0 Å². The Kier molecular flexibility index (Phi) is 3.60. The molecule has 0 aliphatic rings. The van der Waals surface area contributed by atoms with Crippen LogP contribution in [-0.2, 0) is 4.74 Å². The van der Waals surface area contributed by atoms with Gasteiger partial charge in [-0.1, -0.05) is 18.2 Å². The minimum atomic E-state index is -0.460. The molecule has 0 aromatic heterocycles. The SMILES string of the molecule is O=C(Nc1ccccc1)OCBr. The third-order valence-corrected chi connectivity index (χ3v) is 1.43. The molecule has 0 saturated heterocycles. The van der Waals surface area contributed by atoms with Crippen LogP contribution < -0.4 is 5.32 Å². The van der Waals surface area contributed by atoms with Crippen LogP contribution >= 0.6 is 15.9 Å². The Hall–Kier alpha value is -1.03. The zero-order chi connectivity index (χ0) is 8.81. The highest BCUT2D eigenvalue weighted by Crippen LogP contribution is 2.05. The van der Waals surface area contributed by atoms with Crippen molar-refractivity contribution in [3.63, 3.8) is 0 Å². The maximum Gasteiger partial charge on any atom is 0.412 e. The topological polar surface area (TPSA) is 38.3 Å². The van der Waals surface area contributed by atoms with Gasteiger partial charge in [0.1, 0.15) is 5.52 Å². The van der Waals surface area contributed by atoms with Gasteiger partial charge in [-0.2, -0.15) is 0 Å². The van der Waals surface area contributed by atoms with Gasteiger partial charge in [0.25, 0.3) is 0 Å². The summed E-state index contributed by atoms with van der Waals surface area (Å²) in [5, 5.41) is 2.55. The molecule has 4 heteroatoms. The van der Waals surface area contributed by atoms with Crippen LogP contribution in [0.3, 0.4) is 0 Å². The lowest BCUT2D eigenvalue weighted by Crippen LogP contribution is -2.12. The van der Waals surface area contributed by atoms with Crippen molar-refractivity contribution >= 4 is 27.7 Å². The molecule has 64 valence electrons. The fraction of sp³-hybridized carbons (Fsp3) is 0.125. The minimum absolute atomic E-state index is 0.200. The predicted molar refractivity (Wildman–Crippen MR) is 50.3 cm³/mol. The Morgan fingerprint density at radius 3 is 2.67 bits per heavy atom. The average molecular weight is 230 g/mol. The lowest BCUT2D eigenvalue weighted by molar-refractivity contribution is 0.183. The fourth-order valence-corrected chi connectivity index (χ4v) is 0.933. The molecule has 1 N–H and O–H groups in total. The average Bonchev–Trinajstić information content (AvgIpc) is 2.06. The normalized spacial score (nSPS) is 9.08. The Labute approximate surface area is 78.9 Å². The molecule has 0 aliphatic heterocycles. The van der Waals surface area contributed by atoms with Crippen LogP contribution in [0, 0.1) is 0 Å². The molecule has 1 rings (SSSR count). The first-order valence-corrected chi connectivity index (χ1v) is 4.50. The number of nitrogens with one attached hydrogen (secondary N) is 1. The van der Waals surface area contributed by atoms with Gasteiger partial charge in [0, 0.05) is 5.69 Å². The largest absolute Gasteiger partial charge is 0.438 e. The second kappa shape index (κ2) is 4.77.